The normalized spacial score (nSPS) is 11.9. The summed E-state index contributed by atoms with van der Waals surface area (Å²) in [5.74, 6) is -5.59. The number of carbonyl (C=O) groups excluding carboxylic acids is 3. The fourth-order valence-electron chi connectivity index (χ4n) is 2.91. The van der Waals surface area contributed by atoms with Crippen molar-refractivity contribution >= 4 is 23.7 Å². The number of halogens is 5. The number of rotatable bonds is 8. The highest BCUT2D eigenvalue weighted by molar-refractivity contribution is 5.96. The SMILES string of the molecule is CC(C)(C)NC(=O)C[C@H](N)C(=O)NCCNC(=O)c1cc(-c2ccccc2F)ccc1F.O=C(O)C(F)(F)F. The van der Waals surface area contributed by atoms with Crippen LogP contribution in [-0.4, -0.2) is 59.6 Å². The summed E-state index contributed by atoms with van der Waals surface area (Å²) in [7, 11) is 0. The molecule has 0 unspecified atom stereocenters. The Hall–Kier alpha value is -4.07. The fraction of sp³-hybridized carbons (Fsp3) is 0.360. The Labute approximate surface area is 220 Å². The van der Waals surface area contributed by atoms with E-state index >= 15 is 0 Å². The number of hydrogen-bond donors (Lipinski definition) is 5. The zero-order chi connectivity index (χ0) is 30.0. The van der Waals surface area contributed by atoms with E-state index in [4.69, 9.17) is 15.6 Å². The minimum atomic E-state index is -5.08. The summed E-state index contributed by atoms with van der Waals surface area (Å²) in [6.45, 7) is 5.48. The lowest BCUT2D eigenvalue weighted by molar-refractivity contribution is -0.192. The monoisotopic (exact) mass is 560 g/mol. The molecular weight excluding hydrogens is 531 g/mol. The molecule has 0 radical (unpaired) electrons. The van der Waals surface area contributed by atoms with Crippen LogP contribution >= 0.6 is 0 Å². The third-order valence-electron chi connectivity index (χ3n) is 4.60. The predicted molar refractivity (Wildman–Crippen MR) is 131 cm³/mol. The molecule has 6 N–H and O–H groups in total. The molecule has 0 spiro atoms. The first-order valence-corrected chi connectivity index (χ1v) is 11.4. The van der Waals surface area contributed by atoms with E-state index in [9.17, 15) is 36.3 Å². The van der Waals surface area contributed by atoms with Crippen molar-refractivity contribution in [1.82, 2.24) is 16.0 Å². The number of nitrogens with one attached hydrogen (secondary N) is 3. The molecule has 39 heavy (non-hydrogen) atoms. The van der Waals surface area contributed by atoms with Crippen LogP contribution in [0.25, 0.3) is 11.1 Å². The molecule has 9 nitrogen and oxygen atoms in total. The van der Waals surface area contributed by atoms with E-state index < -0.39 is 47.2 Å². The highest BCUT2D eigenvalue weighted by Gasteiger charge is 2.38. The highest BCUT2D eigenvalue weighted by Crippen LogP contribution is 2.24. The largest absolute Gasteiger partial charge is 0.490 e. The summed E-state index contributed by atoms with van der Waals surface area (Å²) in [5, 5.41) is 14.8. The summed E-state index contributed by atoms with van der Waals surface area (Å²) in [5.41, 5.74) is 5.67. The van der Waals surface area contributed by atoms with Crippen LogP contribution in [0, 0.1) is 11.6 Å². The van der Waals surface area contributed by atoms with Gasteiger partial charge in [-0.25, -0.2) is 13.6 Å². The maximum absolute atomic E-state index is 14.1. The fourth-order valence-corrected chi connectivity index (χ4v) is 2.91. The zero-order valence-corrected chi connectivity index (χ0v) is 21.3. The van der Waals surface area contributed by atoms with Crippen LogP contribution in [-0.2, 0) is 14.4 Å². The minimum absolute atomic E-state index is 0.00878. The topological polar surface area (TPSA) is 151 Å². The maximum Gasteiger partial charge on any atom is 0.490 e. The summed E-state index contributed by atoms with van der Waals surface area (Å²) in [4.78, 5) is 45.1. The average molecular weight is 561 g/mol. The maximum atomic E-state index is 14.1. The highest BCUT2D eigenvalue weighted by atomic mass is 19.4. The van der Waals surface area contributed by atoms with E-state index in [1.807, 2.05) is 20.8 Å². The van der Waals surface area contributed by atoms with Gasteiger partial charge in [0.15, 0.2) is 0 Å². The molecule has 0 aromatic heterocycles. The van der Waals surface area contributed by atoms with Crippen LogP contribution in [0.3, 0.4) is 0 Å². The van der Waals surface area contributed by atoms with Gasteiger partial charge in [-0.2, -0.15) is 13.2 Å². The van der Waals surface area contributed by atoms with Crippen LogP contribution in [0.15, 0.2) is 42.5 Å². The molecule has 0 fully saturated rings. The first kappa shape index (κ1) is 33.0. The standard InChI is InChI=1S/C23H28F2N4O3.C2HF3O2/c1-23(2,3)29-20(30)13-19(26)22(32)28-11-10-27-21(31)16-12-14(8-9-18(16)25)15-6-4-5-7-17(15)24;3-2(4,5)1(6)7/h4-9,12,19H,10-11,13,26H2,1-3H3,(H,27,31)(H,28,32)(H,29,30);(H,6,7)/t19-;/m0./s1. The summed E-state index contributed by atoms with van der Waals surface area (Å²) in [6.07, 6.45) is -5.26. The van der Waals surface area contributed by atoms with Crippen LogP contribution in [0.1, 0.15) is 37.6 Å². The van der Waals surface area contributed by atoms with Crippen LogP contribution in [0.2, 0.25) is 0 Å². The number of amides is 3. The van der Waals surface area contributed by atoms with Crippen molar-refractivity contribution < 1.29 is 46.2 Å². The molecule has 214 valence electrons. The van der Waals surface area contributed by atoms with Crippen molar-refractivity contribution in [2.75, 3.05) is 13.1 Å². The lowest BCUT2D eigenvalue weighted by Gasteiger charge is -2.21. The Morgan fingerprint density at radius 1 is 0.923 bits per heavy atom. The Morgan fingerprint density at radius 2 is 1.49 bits per heavy atom. The van der Waals surface area contributed by atoms with Gasteiger partial charge in [0.05, 0.1) is 18.0 Å². The van der Waals surface area contributed by atoms with E-state index in [0.717, 1.165) is 6.07 Å². The van der Waals surface area contributed by atoms with Gasteiger partial charge in [0.25, 0.3) is 5.91 Å². The third-order valence-corrected chi connectivity index (χ3v) is 4.60. The number of nitrogens with two attached hydrogens (primary N) is 1. The molecule has 1 atom stereocenters. The van der Waals surface area contributed by atoms with E-state index in [2.05, 4.69) is 16.0 Å². The molecule has 2 rings (SSSR count). The summed E-state index contributed by atoms with van der Waals surface area (Å²) in [6, 6.07) is 8.70. The van der Waals surface area contributed by atoms with Gasteiger partial charge in [-0.05, 0) is 44.5 Å². The van der Waals surface area contributed by atoms with Crippen molar-refractivity contribution in [1.29, 1.82) is 0 Å². The van der Waals surface area contributed by atoms with E-state index in [1.54, 1.807) is 6.07 Å². The Bertz CT molecular complexity index is 1180. The number of carbonyl (C=O) groups is 4. The van der Waals surface area contributed by atoms with Gasteiger partial charge in [0.1, 0.15) is 11.6 Å². The molecule has 0 heterocycles. The van der Waals surface area contributed by atoms with Crippen LogP contribution in [0.5, 0.6) is 0 Å². The first-order valence-electron chi connectivity index (χ1n) is 11.4. The molecular formula is C25H29F5N4O5. The molecule has 3 amide bonds. The van der Waals surface area contributed by atoms with Gasteiger partial charge in [0.2, 0.25) is 11.8 Å². The first-order chi connectivity index (χ1) is 17.9. The lowest BCUT2D eigenvalue weighted by atomic mass is 10.0. The van der Waals surface area contributed by atoms with Crippen LogP contribution < -0.4 is 21.7 Å². The van der Waals surface area contributed by atoms with Crippen molar-refractivity contribution in [3.05, 3.63) is 59.7 Å². The Morgan fingerprint density at radius 3 is 2.03 bits per heavy atom. The molecule has 0 bridgehead atoms. The molecule has 0 saturated carbocycles. The van der Waals surface area contributed by atoms with Gasteiger partial charge in [-0.1, -0.05) is 24.3 Å². The Kier molecular flexibility index (Phi) is 12.0. The molecule has 2 aromatic carbocycles. The van der Waals surface area contributed by atoms with Gasteiger partial charge < -0.3 is 26.8 Å². The third kappa shape index (κ3) is 11.9. The lowest BCUT2D eigenvalue weighted by Crippen LogP contribution is -2.48. The number of benzene rings is 2. The molecule has 0 aliphatic rings. The minimum Gasteiger partial charge on any atom is -0.475 e. The second-order valence-electron chi connectivity index (χ2n) is 9.13. The van der Waals surface area contributed by atoms with Gasteiger partial charge in [-0.3, -0.25) is 14.4 Å². The predicted octanol–water partition coefficient (Wildman–Crippen LogP) is 2.74. The van der Waals surface area contributed by atoms with Crippen molar-refractivity contribution in [2.24, 2.45) is 5.73 Å². The van der Waals surface area contributed by atoms with E-state index in [1.165, 1.54) is 30.3 Å². The smallest absolute Gasteiger partial charge is 0.475 e. The number of alkyl halides is 3. The van der Waals surface area contributed by atoms with Crippen molar-refractivity contribution in [3.8, 4) is 11.1 Å². The second-order valence-corrected chi connectivity index (χ2v) is 9.13. The van der Waals surface area contributed by atoms with Gasteiger partial charge in [0, 0.05) is 24.2 Å². The van der Waals surface area contributed by atoms with Gasteiger partial charge >= 0.3 is 12.1 Å². The molecule has 0 saturated heterocycles. The molecule has 14 heteroatoms. The van der Waals surface area contributed by atoms with Crippen molar-refractivity contribution in [2.45, 2.75) is 44.9 Å². The molecule has 0 aliphatic carbocycles. The average Bonchev–Trinajstić information content (AvgIpc) is 2.80. The number of carboxylic acid groups (broad SMARTS) is 1. The quantitative estimate of drug-likeness (QED) is 0.248. The number of carboxylic acids is 1. The van der Waals surface area contributed by atoms with Crippen molar-refractivity contribution in [3.63, 3.8) is 0 Å². The summed E-state index contributed by atoms with van der Waals surface area (Å²) >= 11 is 0. The molecule has 0 aliphatic heterocycles. The Balaban J connectivity index is 0.000000956. The van der Waals surface area contributed by atoms with Crippen LogP contribution in [0.4, 0.5) is 22.0 Å². The second kappa shape index (κ2) is 14.2. The van der Waals surface area contributed by atoms with Gasteiger partial charge in [-0.15, -0.1) is 0 Å². The number of aliphatic carboxylic acids is 1. The summed E-state index contributed by atoms with van der Waals surface area (Å²) < 4.78 is 59.9. The van der Waals surface area contributed by atoms with E-state index in [0.29, 0.717) is 5.56 Å². The molecule has 2 aromatic rings. The zero-order valence-electron chi connectivity index (χ0n) is 21.3. The van der Waals surface area contributed by atoms with E-state index in [-0.39, 0.29) is 36.5 Å². The number of hydrogen-bond acceptors (Lipinski definition) is 5.